The van der Waals surface area contributed by atoms with Crippen LogP contribution in [0, 0.1) is 5.41 Å². The minimum absolute atomic E-state index is 0.401. The van der Waals surface area contributed by atoms with Gasteiger partial charge in [0.1, 0.15) is 11.5 Å². The maximum atomic E-state index is 12.1. The second kappa shape index (κ2) is 13.3. The minimum atomic E-state index is -0.747. The Morgan fingerprint density at radius 3 is 2.09 bits per heavy atom. The third kappa shape index (κ3) is 8.62. The van der Waals surface area contributed by atoms with E-state index in [0.29, 0.717) is 6.54 Å². The molecular weight excluding hydrogens is 412 g/mol. The molecule has 0 fully saturated rings. The summed E-state index contributed by atoms with van der Waals surface area (Å²) in [5.41, 5.74) is 3.22. The van der Waals surface area contributed by atoms with E-state index in [1.54, 1.807) is 5.48 Å². The Morgan fingerprint density at radius 2 is 1.48 bits per heavy atom. The summed E-state index contributed by atoms with van der Waals surface area (Å²) in [7, 11) is 0. The molecule has 0 aromatic heterocycles. The number of rotatable bonds is 9. The normalized spacial score (nSPS) is 10.6. The molecular formula is C28H36N2O3. The highest BCUT2D eigenvalue weighted by Crippen LogP contribution is 2.25. The molecule has 0 aliphatic heterocycles. The summed E-state index contributed by atoms with van der Waals surface area (Å²) >= 11 is 0. The van der Waals surface area contributed by atoms with Gasteiger partial charge >= 0.3 is 0 Å². The van der Waals surface area contributed by atoms with Crippen molar-refractivity contribution >= 4 is 11.6 Å². The number of benzene rings is 3. The molecule has 3 aromatic rings. The zero-order valence-electron chi connectivity index (χ0n) is 20.1. The van der Waals surface area contributed by atoms with Crippen LogP contribution in [0.4, 0.5) is 5.69 Å². The molecule has 3 aromatic carbocycles. The number of ether oxygens (including phenoxy) is 1. The van der Waals surface area contributed by atoms with Crippen molar-refractivity contribution in [3.63, 3.8) is 0 Å². The van der Waals surface area contributed by atoms with Gasteiger partial charge in [-0.15, -0.1) is 0 Å². The number of hydrogen-bond acceptors (Lipinski definition) is 4. The molecule has 0 atom stereocenters. The summed E-state index contributed by atoms with van der Waals surface area (Å²) in [4.78, 5) is 14.3. The molecule has 0 unspecified atom stereocenters. The standard InChI is InChI=1S/C25H28N2O3.C3H8/c1-25(2,24(28)26-29)19-27(21-11-5-3-6-12-21)17-16-20-10-9-15-23(18-20)30-22-13-7-4-8-14-22;1-3-2/h3-15,18,29H,16-17,19H2,1-2H3,(H,26,28);3H2,1-2H3. The van der Waals surface area contributed by atoms with Gasteiger partial charge < -0.3 is 9.64 Å². The Hall–Kier alpha value is -3.31. The highest BCUT2D eigenvalue weighted by Gasteiger charge is 2.30. The second-order valence-electron chi connectivity index (χ2n) is 8.60. The fourth-order valence-corrected chi connectivity index (χ4v) is 3.29. The van der Waals surface area contributed by atoms with Crippen molar-refractivity contribution in [2.75, 3.05) is 18.0 Å². The van der Waals surface area contributed by atoms with Crippen LogP contribution in [0.15, 0.2) is 84.9 Å². The lowest BCUT2D eigenvalue weighted by atomic mass is 9.91. The van der Waals surface area contributed by atoms with Crippen LogP contribution in [0.5, 0.6) is 11.5 Å². The quantitative estimate of drug-likeness (QED) is 0.291. The molecule has 33 heavy (non-hydrogen) atoms. The number of amides is 1. The number of carbonyl (C=O) groups excluding carboxylic acids is 1. The SMILES string of the molecule is CC(C)(CN(CCc1cccc(Oc2ccccc2)c1)c1ccccc1)C(=O)NO.CCC. The van der Waals surface area contributed by atoms with E-state index in [9.17, 15) is 4.79 Å². The molecule has 5 nitrogen and oxygen atoms in total. The zero-order chi connectivity index (χ0) is 24.1. The molecule has 0 heterocycles. The monoisotopic (exact) mass is 448 g/mol. The maximum Gasteiger partial charge on any atom is 0.250 e. The Balaban J connectivity index is 0.00000122. The van der Waals surface area contributed by atoms with E-state index in [2.05, 4.69) is 24.8 Å². The molecule has 176 valence electrons. The summed E-state index contributed by atoms with van der Waals surface area (Å²) in [5.74, 6) is 1.20. The van der Waals surface area contributed by atoms with Crippen molar-refractivity contribution in [1.82, 2.24) is 5.48 Å². The molecule has 0 aliphatic carbocycles. The predicted molar refractivity (Wildman–Crippen MR) is 135 cm³/mol. The first-order valence-corrected chi connectivity index (χ1v) is 11.5. The van der Waals surface area contributed by atoms with E-state index in [-0.39, 0.29) is 0 Å². The minimum Gasteiger partial charge on any atom is -0.457 e. The molecule has 0 radical (unpaired) electrons. The number of hydroxylamine groups is 1. The predicted octanol–water partition coefficient (Wildman–Crippen LogP) is 6.48. The van der Waals surface area contributed by atoms with Crippen LogP contribution in [0.3, 0.4) is 0 Å². The topological polar surface area (TPSA) is 61.8 Å². The van der Waals surface area contributed by atoms with Crippen LogP contribution >= 0.6 is 0 Å². The van der Waals surface area contributed by atoms with Crippen molar-refractivity contribution in [1.29, 1.82) is 0 Å². The largest absolute Gasteiger partial charge is 0.457 e. The van der Waals surface area contributed by atoms with Gasteiger partial charge in [-0.25, -0.2) is 5.48 Å². The first kappa shape index (κ1) is 25.9. The molecule has 0 spiro atoms. The molecule has 1 amide bonds. The number of anilines is 1. The number of para-hydroxylation sites is 2. The van der Waals surface area contributed by atoms with Crippen molar-refractivity contribution in [2.45, 2.75) is 40.5 Å². The fraction of sp³-hybridized carbons (Fsp3) is 0.321. The van der Waals surface area contributed by atoms with Gasteiger partial charge in [-0.1, -0.05) is 68.8 Å². The molecule has 0 bridgehead atoms. The lowest BCUT2D eigenvalue weighted by molar-refractivity contribution is -0.137. The fourth-order valence-electron chi connectivity index (χ4n) is 3.29. The Labute approximate surface area is 198 Å². The van der Waals surface area contributed by atoms with Crippen molar-refractivity contribution in [2.24, 2.45) is 5.41 Å². The average Bonchev–Trinajstić information content (AvgIpc) is 2.83. The van der Waals surface area contributed by atoms with Gasteiger partial charge in [0.2, 0.25) is 0 Å². The number of nitrogens with one attached hydrogen (secondary N) is 1. The van der Waals surface area contributed by atoms with Gasteiger partial charge in [-0.2, -0.15) is 0 Å². The summed E-state index contributed by atoms with van der Waals surface area (Å²) in [6.45, 7) is 9.09. The van der Waals surface area contributed by atoms with Crippen LogP contribution in [-0.4, -0.2) is 24.2 Å². The van der Waals surface area contributed by atoms with Gasteiger partial charge in [-0.3, -0.25) is 10.0 Å². The number of nitrogens with zero attached hydrogens (tertiary/aromatic N) is 1. The highest BCUT2D eigenvalue weighted by atomic mass is 16.5. The van der Waals surface area contributed by atoms with Crippen LogP contribution in [0.2, 0.25) is 0 Å². The summed E-state index contributed by atoms with van der Waals surface area (Å²) in [5, 5.41) is 9.08. The maximum absolute atomic E-state index is 12.1. The summed E-state index contributed by atoms with van der Waals surface area (Å²) in [6, 6.07) is 27.8. The Kier molecular flexibility index (Phi) is 10.4. The first-order chi connectivity index (χ1) is 15.9. The van der Waals surface area contributed by atoms with Crippen LogP contribution in [0.25, 0.3) is 0 Å². The third-order valence-corrected chi connectivity index (χ3v) is 4.97. The van der Waals surface area contributed by atoms with E-state index in [0.717, 1.165) is 35.7 Å². The number of carbonyl (C=O) groups is 1. The van der Waals surface area contributed by atoms with E-state index in [4.69, 9.17) is 9.94 Å². The van der Waals surface area contributed by atoms with Crippen molar-refractivity contribution in [3.8, 4) is 11.5 Å². The highest BCUT2D eigenvalue weighted by molar-refractivity contribution is 5.81. The van der Waals surface area contributed by atoms with Gasteiger partial charge in [0.25, 0.3) is 5.91 Å². The van der Waals surface area contributed by atoms with E-state index < -0.39 is 11.3 Å². The zero-order valence-corrected chi connectivity index (χ0v) is 20.1. The van der Waals surface area contributed by atoms with Crippen molar-refractivity contribution in [3.05, 3.63) is 90.5 Å². The third-order valence-electron chi connectivity index (χ3n) is 4.97. The first-order valence-electron chi connectivity index (χ1n) is 11.5. The average molecular weight is 449 g/mol. The molecule has 0 aliphatic rings. The summed E-state index contributed by atoms with van der Waals surface area (Å²) < 4.78 is 5.94. The van der Waals surface area contributed by atoms with Gasteiger partial charge in [0.05, 0.1) is 5.41 Å². The molecule has 0 saturated carbocycles. The van der Waals surface area contributed by atoms with Gasteiger partial charge in [-0.05, 0) is 62.2 Å². The number of hydrogen-bond donors (Lipinski definition) is 2. The van der Waals surface area contributed by atoms with Crippen LogP contribution < -0.4 is 15.1 Å². The molecule has 5 heteroatoms. The Bertz CT molecular complexity index is 959. The van der Waals surface area contributed by atoms with Gasteiger partial charge in [0, 0.05) is 18.8 Å². The molecule has 3 rings (SSSR count). The molecule has 2 N–H and O–H groups in total. The van der Waals surface area contributed by atoms with Crippen LogP contribution in [0.1, 0.15) is 39.7 Å². The summed E-state index contributed by atoms with van der Waals surface area (Å²) in [6.07, 6.45) is 2.04. The molecule has 0 saturated heterocycles. The van der Waals surface area contributed by atoms with E-state index >= 15 is 0 Å². The van der Waals surface area contributed by atoms with Crippen LogP contribution in [-0.2, 0) is 11.2 Å². The lowest BCUT2D eigenvalue weighted by Crippen LogP contribution is -2.44. The smallest absolute Gasteiger partial charge is 0.250 e. The van der Waals surface area contributed by atoms with Crippen molar-refractivity contribution < 1.29 is 14.7 Å². The second-order valence-corrected chi connectivity index (χ2v) is 8.60. The van der Waals surface area contributed by atoms with E-state index in [1.165, 1.54) is 6.42 Å². The van der Waals surface area contributed by atoms with E-state index in [1.807, 2.05) is 92.7 Å². The van der Waals surface area contributed by atoms with Gasteiger partial charge in [0.15, 0.2) is 0 Å². The lowest BCUT2D eigenvalue weighted by Gasteiger charge is -2.33. The Morgan fingerprint density at radius 1 is 0.909 bits per heavy atom.